The van der Waals surface area contributed by atoms with Gasteiger partial charge < -0.3 is 15.7 Å². The minimum Gasteiger partial charge on any atom is -0.481 e. The zero-order valence-corrected chi connectivity index (χ0v) is 11.9. The molecule has 1 fully saturated rings. The molecular weight excluding hydrogens is 244 g/mol. The molecule has 0 aliphatic heterocycles. The Labute approximate surface area is 115 Å². The molecule has 1 saturated carbocycles. The van der Waals surface area contributed by atoms with Crippen molar-refractivity contribution < 1.29 is 14.7 Å². The van der Waals surface area contributed by atoms with E-state index in [0.29, 0.717) is 6.54 Å². The molecule has 0 spiro atoms. The number of aliphatic carboxylic acids is 1. The van der Waals surface area contributed by atoms with E-state index in [2.05, 4.69) is 10.6 Å². The van der Waals surface area contributed by atoms with Gasteiger partial charge in [0.05, 0.1) is 6.42 Å². The van der Waals surface area contributed by atoms with Crippen LogP contribution in [0, 0.1) is 11.8 Å². The Balaban J connectivity index is 2.21. The van der Waals surface area contributed by atoms with E-state index >= 15 is 0 Å². The third-order valence-corrected chi connectivity index (χ3v) is 3.83. The van der Waals surface area contributed by atoms with Crippen molar-refractivity contribution in [2.45, 2.75) is 58.4 Å². The summed E-state index contributed by atoms with van der Waals surface area (Å²) in [7, 11) is 0. The number of amides is 2. The van der Waals surface area contributed by atoms with Crippen LogP contribution in [-0.2, 0) is 4.79 Å². The van der Waals surface area contributed by atoms with Crippen molar-refractivity contribution in [2.75, 3.05) is 6.54 Å². The highest BCUT2D eigenvalue weighted by Gasteiger charge is 2.19. The molecule has 0 bridgehead atoms. The van der Waals surface area contributed by atoms with E-state index in [1.165, 1.54) is 25.7 Å². The predicted molar refractivity (Wildman–Crippen MR) is 74.0 cm³/mol. The average molecular weight is 270 g/mol. The van der Waals surface area contributed by atoms with Gasteiger partial charge in [-0.1, -0.05) is 39.5 Å². The molecule has 0 radical (unpaired) electrons. The van der Waals surface area contributed by atoms with Crippen molar-refractivity contribution >= 4 is 12.0 Å². The summed E-state index contributed by atoms with van der Waals surface area (Å²) in [6.45, 7) is 4.49. The van der Waals surface area contributed by atoms with E-state index in [9.17, 15) is 9.59 Å². The zero-order valence-electron chi connectivity index (χ0n) is 11.9. The molecule has 0 aromatic carbocycles. The molecule has 5 nitrogen and oxygen atoms in total. The lowest BCUT2D eigenvalue weighted by Crippen LogP contribution is -2.45. The summed E-state index contributed by atoms with van der Waals surface area (Å²) < 4.78 is 0. The molecule has 110 valence electrons. The Kier molecular flexibility index (Phi) is 6.67. The second kappa shape index (κ2) is 8.02. The first-order valence-electron chi connectivity index (χ1n) is 7.25. The van der Waals surface area contributed by atoms with Gasteiger partial charge in [0.15, 0.2) is 0 Å². The number of carbonyl (C=O) groups is 2. The molecule has 1 aliphatic rings. The molecule has 1 atom stereocenters. The monoisotopic (exact) mass is 270 g/mol. The molecule has 19 heavy (non-hydrogen) atoms. The van der Waals surface area contributed by atoms with Gasteiger partial charge in [0.25, 0.3) is 0 Å². The molecule has 3 N–H and O–H groups in total. The number of carboxylic acid groups (broad SMARTS) is 1. The summed E-state index contributed by atoms with van der Waals surface area (Å²) in [6.07, 6.45) is 6.16. The van der Waals surface area contributed by atoms with Crippen LogP contribution in [-0.4, -0.2) is 29.7 Å². The van der Waals surface area contributed by atoms with E-state index in [1.54, 1.807) is 0 Å². The Morgan fingerprint density at radius 3 is 2.42 bits per heavy atom. The molecule has 0 aromatic rings. The van der Waals surface area contributed by atoms with Crippen LogP contribution in [0.15, 0.2) is 0 Å². The summed E-state index contributed by atoms with van der Waals surface area (Å²) >= 11 is 0. The van der Waals surface area contributed by atoms with Crippen LogP contribution in [0.1, 0.15) is 52.4 Å². The van der Waals surface area contributed by atoms with Crippen molar-refractivity contribution in [2.24, 2.45) is 11.8 Å². The fourth-order valence-electron chi connectivity index (χ4n) is 2.55. The number of nitrogens with one attached hydrogen (secondary N) is 2. The Bertz CT molecular complexity index is 299. The molecule has 2 amide bonds. The fourth-order valence-corrected chi connectivity index (χ4v) is 2.55. The number of hydrogen-bond acceptors (Lipinski definition) is 2. The Morgan fingerprint density at radius 1 is 1.26 bits per heavy atom. The van der Waals surface area contributed by atoms with Crippen molar-refractivity contribution in [3.8, 4) is 0 Å². The third kappa shape index (κ3) is 6.45. The summed E-state index contributed by atoms with van der Waals surface area (Å²) in [5.74, 6) is -0.0261. The SMILES string of the molecule is CC(C)C(CC(=O)O)NC(=O)NCCC1CCCC1. The van der Waals surface area contributed by atoms with E-state index in [4.69, 9.17) is 5.11 Å². The molecule has 1 aliphatic carbocycles. The maximum atomic E-state index is 11.7. The minimum absolute atomic E-state index is 0.0340. The lowest BCUT2D eigenvalue weighted by Gasteiger charge is -2.21. The molecule has 1 rings (SSSR count). The average Bonchev–Trinajstić information content (AvgIpc) is 2.80. The fraction of sp³-hybridized carbons (Fsp3) is 0.857. The van der Waals surface area contributed by atoms with Gasteiger partial charge in [-0.2, -0.15) is 0 Å². The van der Waals surface area contributed by atoms with Gasteiger partial charge in [-0.15, -0.1) is 0 Å². The van der Waals surface area contributed by atoms with Gasteiger partial charge in [-0.25, -0.2) is 4.79 Å². The topological polar surface area (TPSA) is 78.4 Å². The van der Waals surface area contributed by atoms with Gasteiger partial charge in [-0.05, 0) is 18.3 Å². The predicted octanol–water partition coefficient (Wildman–Crippen LogP) is 2.37. The quantitative estimate of drug-likeness (QED) is 0.664. The summed E-state index contributed by atoms with van der Waals surface area (Å²) in [5, 5.41) is 14.4. The summed E-state index contributed by atoms with van der Waals surface area (Å²) in [4.78, 5) is 22.4. The minimum atomic E-state index is -0.884. The van der Waals surface area contributed by atoms with Crippen molar-refractivity contribution in [3.63, 3.8) is 0 Å². The maximum Gasteiger partial charge on any atom is 0.315 e. The first-order chi connectivity index (χ1) is 8.99. The number of hydrogen-bond donors (Lipinski definition) is 3. The standard InChI is InChI=1S/C14H26N2O3/c1-10(2)12(9-13(17)18)16-14(19)15-8-7-11-5-3-4-6-11/h10-12H,3-9H2,1-2H3,(H,17,18)(H2,15,16,19). The van der Waals surface area contributed by atoms with Crippen LogP contribution in [0.25, 0.3) is 0 Å². The Hall–Kier alpha value is -1.26. The van der Waals surface area contributed by atoms with Gasteiger partial charge in [-0.3, -0.25) is 4.79 Å². The molecule has 5 heteroatoms. The highest BCUT2D eigenvalue weighted by atomic mass is 16.4. The molecule has 0 aromatic heterocycles. The molecule has 0 heterocycles. The lowest BCUT2D eigenvalue weighted by atomic mass is 10.0. The van der Waals surface area contributed by atoms with Crippen LogP contribution in [0.5, 0.6) is 0 Å². The third-order valence-electron chi connectivity index (χ3n) is 3.83. The summed E-state index contributed by atoms with van der Waals surface area (Å²) in [5.41, 5.74) is 0. The largest absolute Gasteiger partial charge is 0.481 e. The van der Waals surface area contributed by atoms with Gasteiger partial charge in [0.2, 0.25) is 0 Å². The maximum absolute atomic E-state index is 11.7. The number of urea groups is 1. The van der Waals surface area contributed by atoms with Crippen LogP contribution >= 0.6 is 0 Å². The Morgan fingerprint density at radius 2 is 1.89 bits per heavy atom. The second-order valence-corrected chi connectivity index (χ2v) is 5.79. The molecular formula is C14H26N2O3. The van der Waals surface area contributed by atoms with Gasteiger partial charge in [0.1, 0.15) is 0 Å². The van der Waals surface area contributed by atoms with Crippen molar-refractivity contribution in [1.82, 2.24) is 10.6 Å². The number of rotatable bonds is 7. The van der Waals surface area contributed by atoms with Gasteiger partial charge in [0, 0.05) is 12.6 Å². The van der Waals surface area contributed by atoms with Crippen LogP contribution < -0.4 is 10.6 Å². The summed E-state index contributed by atoms with van der Waals surface area (Å²) in [6, 6.07) is -0.568. The first kappa shape index (κ1) is 15.8. The lowest BCUT2D eigenvalue weighted by molar-refractivity contribution is -0.137. The van der Waals surface area contributed by atoms with Crippen LogP contribution in [0.3, 0.4) is 0 Å². The van der Waals surface area contributed by atoms with Crippen LogP contribution in [0.4, 0.5) is 4.79 Å². The van der Waals surface area contributed by atoms with Crippen molar-refractivity contribution in [1.29, 1.82) is 0 Å². The number of carbonyl (C=O) groups excluding carboxylic acids is 1. The van der Waals surface area contributed by atoms with E-state index in [0.717, 1.165) is 12.3 Å². The van der Waals surface area contributed by atoms with Crippen molar-refractivity contribution in [3.05, 3.63) is 0 Å². The van der Waals surface area contributed by atoms with Crippen LogP contribution in [0.2, 0.25) is 0 Å². The van der Waals surface area contributed by atoms with E-state index < -0.39 is 5.97 Å². The smallest absolute Gasteiger partial charge is 0.315 e. The molecule has 1 unspecified atom stereocenters. The second-order valence-electron chi connectivity index (χ2n) is 5.79. The normalized spacial score (nSPS) is 17.4. The molecule has 0 saturated heterocycles. The van der Waals surface area contributed by atoms with Gasteiger partial charge >= 0.3 is 12.0 Å². The first-order valence-corrected chi connectivity index (χ1v) is 7.25. The number of carboxylic acids is 1. The zero-order chi connectivity index (χ0) is 14.3. The van der Waals surface area contributed by atoms with E-state index in [1.807, 2.05) is 13.8 Å². The highest BCUT2D eigenvalue weighted by Crippen LogP contribution is 2.26. The highest BCUT2D eigenvalue weighted by molar-refractivity contribution is 5.75. The van der Waals surface area contributed by atoms with E-state index in [-0.39, 0.29) is 24.4 Å².